The van der Waals surface area contributed by atoms with Gasteiger partial charge in [0.05, 0.1) is 74.8 Å². The van der Waals surface area contributed by atoms with Crippen molar-refractivity contribution in [1.29, 1.82) is 0 Å². The minimum atomic E-state index is -1.99. The first-order chi connectivity index (χ1) is 48.4. The molecule has 0 spiro atoms. The number of aliphatic imine (C=N–C) groups is 2. The van der Waals surface area contributed by atoms with Gasteiger partial charge in [0.1, 0.15) is 36.4 Å². The zero-order chi connectivity index (χ0) is 70.6. The fraction of sp³-hybridized carbons (Fsp3) is 0.361. The molecule has 100 heavy (non-hydrogen) atoms. The Balaban J connectivity index is 0.627. The van der Waals surface area contributed by atoms with Crippen LogP contribution in [-0.4, -0.2) is 185 Å². The van der Waals surface area contributed by atoms with Gasteiger partial charge in [0.2, 0.25) is 18.1 Å². The summed E-state index contributed by atoms with van der Waals surface area (Å²) in [6, 6.07) is 25.5. The number of anilines is 1. The number of carbonyl (C=O) groups excluding carboxylic acids is 7. The van der Waals surface area contributed by atoms with E-state index in [0.29, 0.717) is 109 Å². The number of aliphatic hydroxyl groups excluding tert-OH is 3. The molecule has 6 heterocycles. The number of imide groups is 1. The Labute approximate surface area is 574 Å². The second-order valence-electron chi connectivity index (χ2n) is 24.3. The van der Waals surface area contributed by atoms with Crippen molar-refractivity contribution in [3.63, 3.8) is 0 Å². The number of hydrogen-bond donors (Lipinski definition) is 7. The minimum Gasteiger partial charge on any atom is -0.497 e. The molecule has 11 rings (SSSR count). The topological polar surface area (TPSA) is 362 Å². The van der Waals surface area contributed by atoms with Crippen LogP contribution in [0.3, 0.4) is 0 Å². The summed E-state index contributed by atoms with van der Waals surface area (Å²) in [6.07, 6.45) is 3.90. The molecule has 28 nitrogen and oxygen atoms in total. The van der Waals surface area contributed by atoms with E-state index in [0.717, 1.165) is 44.9 Å². The van der Waals surface area contributed by atoms with Gasteiger partial charge < -0.3 is 84.1 Å². The van der Waals surface area contributed by atoms with E-state index in [4.69, 9.17) is 47.9 Å². The van der Waals surface area contributed by atoms with Crippen LogP contribution in [-0.2, 0) is 46.6 Å². The number of carbonyl (C=O) groups is 8. The fourth-order valence-electron chi connectivity index (χ4n) is 12.0. The molecule has 3 unspecified atom stereocenters. The van der Waals surface area contributed by atoms with Crippen molar-refractivity contribution in [1.82, 2.24) is 25.3 Å². The largest absolute Gasteiger partial charge is 0.497 e. The second kappa shape index (κ2) is 32.2. The third-order valence-electron chi connectivity index (χ3n) is 17.6. The molecule has 0 aliphatic carbocycles. The van der Waals surface area contributed by atoms with Crippen molar-refractivity contribution < 1.29 is 96.7 Å². The molecule has 7 amide bonds. The van der Waals surface area contributed by atoms with Crippen LogP contribution < -0.4 is 44.4 Å². The summed E-state index contributed by atoms with van der Waals surface area (Å²) >= 11 is 0. The highest BCUT2D eigenvalue weighted by atomic mass is 16.7. The Morgan fingerprint density at radius 2 is 1.16 bits per heavy atom. The van der Waals surface area contributed by atoms with Crippen LogP contribution in [0, 0.1) is 0 Å². The Kier molecular flexibility index (Phi) is 22.6. The first kappa shape index (κ1) is 70.4. The zero-order valence-corrected chi connectivity index (χ0v) is 55.0. The van der Waals surface area contributed by atoms with Gasteiger partial charge in [-0.1, -0.05) is 48.9 Å². The molecule has 5 aromatic rings. The van der Waals surface area contributed by atoms with E-state index in [1.54, 1.807) is 53.6 Å². The molecule has 7 atom stereocenters. The molecule has 6 aliphatic rings. The van der Waals surface area contributed by atoms with Crippen molar-refractivity contribution in [3.8, 4) is 34.5 Å². The lowest BCUT2D eigenvalue weighted by Gasteiger charge is -2.38. The van der Waals surface area contributed by atoms with E-state index in [1.807, 2.05) is 60.9 Å². The van der Waals surface area contributed by atoms with Crippen molar-refractivity contribution in [2.75, 3.05) is 52.9 Å². The lowest BCUT2D eigenvalue weighted by atomic mass is 9.99. The van der Waals surface area contributed by atoms with E-state index >= 15 is 0 Å². The molecule has 0 saturated carbocycles. The number of ether oxygens (including phenoxy) is 8. The number of benzene rings is 5. The molecule has 1 saturated heterocycles. The number of rotatable bonds is 30. The van der Waals surface area contributed by atoms with Gasteiger partial charge in [0.15, 0.2) is 29.1 Å². The SMILES string of the molecule is COc1ccc(C2=CN3C(=O)c4cc(OC)c(OCCCCCOc5cc6c(cc5OC)C(=O)N5C=C(c7ccc(CNC(=O)OCc8ccc(O[C@@H]9OC(C(=O)O)[C@@H](O)C(O)C9O)c(NC(=O)CCNC(=O)CCCCCN9C(=O)C=CC9=O)c8)cc7)C[C@H]5C=N6)cc4N=C[C@@H]3C2)cc1. The van der Waals surface area contributed by atoms with Crippen LogP contribution in [0.5, 0.6) is 34.5 Å². The van der Waals surface area contributed by atoms with E-state index < -0.39 is 48.7 Å². The monoisotopic (exact) mass is 1370 g/mol. The fourth-order valence-corrected chi connectivity index (χ4v) is 12.0. The summed E-state index contributed by atoms with van der Waals surface area (Å²) in [5.74, 6) is -1.43. The van der Waals surface area contributed by atoms with E-state index in [9.17, 15) is 58.8 Å². The molecule has 524 valence electrons. The number of unbranched alkanes of at least 4 members (excludes halogenated alkanes) is 4. The number of nitrogens with zero attached hydrogens (tertiary/aromatic N) is 5. The highest BCUT2D eigenvalue weighted by Crippen LogP contribution is 2.43. The molecule has 0 bridgehead atoms. The van der Waals surface area contributed by atoms with Crippen LogP contribution in [0.2, 0.25) is 0 Å². The standard InChI is InChI=1S/C72H76N8O20/c1-93-49-18-16-44(17-19-49)46-30-48-37-75-53-34-59(57(95-3)32-51(53)69(89)80(48)39-46)97-27-9-5-8-26-96-58-33-52-50(31-56(58)94-2)68(88)79-38-45(29-47(79)36-74-52)43-14-11-41(12-15-43)35-76-72(92)98-40-42-13-20-55(99-71-66(87)64(85)65(86)67(100-71)70(90)91)54(28-42)77-61(82)23-24-73-60(81)10-6-4-7-25-78-62(83)21-22-63(78)84/h11-22,28,31-34,36-39,47-48,64-67,71,85-87H,4-10,23-27,29-30,35,40H2,1-3H3,(H,73,81)(H,76,92)(H,77,82)(H,90,91)/t47-,48-,64?,65-,66?,67?,71+/m0/s1. The maximum absolute atomic E-state index is 14.2. The number of hydrogen-bond acceptors (Lipinski definition) is 21. The van der Waals surface area contributed by atoms with E-state index in [2.05, 4.69) is 16.0 Å². The highest BCUT2D eigenvalue weighted by Gasteiger charge is 2.48. The first-order valence-corrected chi connectivity index (χ1v) is 32.7. The van der Waals surface area contributed by atoms with Crippen LogP contribution in [0.4, 0.5) is 21.9 Å². The Morgan fingerprint density at radius 1 is 0.590 bits per heavy atom. The summed E-state index contributed by atoms with van der Waals surface area (Å²) in [4.78, 5) is 116. The van der Waals surface area contributed by atoms with Crippen LogP contribution >= 0.6 is 0 Å². The van der Waals surface area contributed by atoms with Crippen molar-refractivity contribution in [2.45, 2.75) is 120 Å². The Bertz CT molecular complexity index is 4080. The van der Waals surface area contributed by atoms with Gasteiger partial charge in [-0.2, -0.15) is 0 Å². The number of carboxylic acid groups (broad SMARTS) is 1. The van der Waals surface area contributed by atoms with Gasteiger partial charge in [-0.25, -0.2) is 9.59 Å². The lowest BCUT2D eigenvalue weighted by molar-refractivity contribution is -0.271. The number of alkyl carbamates (subject to hydrolysis) is 1. The van der Waals surface area contributed by atoms with Gasteiger partial charge in [0, 0.05) is 94.4 Å². The molecule has 1 fully saturated rings. The predicted molar refractivity (Wildman–Crippen MR) is 361 cm³/mol. The Morgan fingerprint density at radius 3 is 1.73 bits per heavy atom. The molecule has 7 N–H and O–H groups in total. The molecule has 0 aromatic heterocycles. The first-order valence-electron chi connectivity index (χ1n) is 32.7. The number of aliphatic hydroxyl groups is 3. The predicted octanol–water partition coefficient (Wildman–Crippen LogP) is 6.91. The summed E-state index contributed by atoms with van der Waals surface area (Å²) in [5.41, 5.74) is 6.53. The van der Waals surface area contributed by atoms with Gasteiger partial charge in [-0.15, -0.1) is 0 Å². The Hall–Kier alpha value is -10.9. The lowest BCUT2D eigenvalue weighted by Crippen LogP contribution is -2.61. The number of methoxy groups -OCH3 is 3. The van der Waals surface area contributed by atoms with Crippen LogP contribution in [0.15, 0.2) is 126 Å². The highest BCUT2D eigenvalue weighted by molar-refractivity contribution is 6.13. The molecule has 6 aliphatic heterocycles. The molecule has 28 heteroatoms. The van der Waals surface area contributed by atoms with Crippen molar-refractivity contribution >= 4 is 88.1 Å². The van der Waals surface area contributed by atoms with Gasteiger partial charge >= 0.3 is 12.1 Å². The molecular weight excluding hydrogens is 1300 g/mol. The number of amides is 7. The number of nitrogens with one attached hydrogen (secondary N) is 3. The maximum atomic E-state index is 14.2. The normalized spacial score (nSPS) is 20.3. The third-order valence-corrected chi connectivity index (χ3v) is 17.6. The summed E-state index contributed by atoms with van der Waals surface area (Å²) in [7, 11) is 4.67. The van der Waals surface area contributed by atoms with Gasteiger partial charge in [-0.3, -0.25) is 43.7 Å². The molecule has 0 radical (unpaired) electrons. The summed E-state index contributed by atoms with van der Waals surface area (Å²) in [6.45, 7) is 0.671. The average Bonchev–Trinajstić information content (AvgIpc) is 1.61. The van der Waals surface area contributed by atoms with Crippen molar-refractivity contribution in [3.05, 3.63) is 149 Å². The summed E-state index contributed by atoms with van der Waals surface area (Å²) < 4.78 is 45.6. The maximum Gasteiger partial charge on any atom is 0.407 e. The van der Waals surface area contributed by atoms with E-state index in [-0.39, 0.29) is 92.1 Å². The zero-order valence-electron chi connectivity index (χ0n) is 55.0. The summed E-state index contributed by atoms with van der Waals surface area (Å²) in [5, 5.41) is 48.9. The second-order valence-corrected chi connectivity index (χ2v) is 24.3. The minimum absolute atomic E-state index is 0.0424. The third kappa shape index (κ3) is 16.6. The smallest absolute Gasteiger partial charge is 0.407 e. The number of fused-ring (bicyclic) bond motifs is 4. The van der Waals surface area contributed by atoms with E-state index in [1.165, 1.54) is 44.6 Å². The molecular formula is C72H76N8O20. The van der Waals surface area contributed by atoms with Crippen LogP contribution in [0.1, 0.15) is 107 Å². The quantitative estimate of drug-likeness (QED) is 0.0181. The van der Waals surface area contributed by atoms with Gasteiger partial charge in [0.25, 0.3) is 23.6 Å². The number of carboxylic acids is 1. The van der Waals surface area contributed by atoms with Crippen molar-refractivity contribution in [2.24, 2.45) is 9.98 Å². The van der Waals surface area contributed by atoms with Gasteiger partial charge in [-0.05, 0) is 102 Å². The molecule has 5 aromatic carbocycles. The average molecular weight is 1370 g/mol. The van der Waals surface area contributed by atoms with Crippen LogP contribution in [0.25, 0.3) is 11.1 Å². The number of aliphatic carboxylic acids is 1.